The van der Waals surface area contributed by atoms with Crippen molar-refractivity contribution in [1.29, 1.82) is 0 Å². The fourth-order valence-corrected chi connectivity index (χ4v) is 3.35. The zero-order chi connectivity index (χ0) is 14.9. The van der Waals surface area contributed by atoms with E-state index in [0.717, 1.165) is 18.2 Å². The number of nitrogens with two attached hydrogens (primary N) is 1. The number of hydrogen-bond donors (Lipinski definition) is 2. The lowest BCUT2D eigenvalue weighted by atomic mass is 10.3. The number of rotatable bonds is 3. The number of para-hydroxylation sites is 1. The van der Waals surface area contributed by atoms with Crippen molar-refractivity contribution in [3.63, 3.8) is 0 Å². The normalized spacial score (nSPS) is 11.3. The topological polar surface area (TPSA) is 72.2 Å². The Kier molecular flexibility index (Phi) is 3.82. The van der Waals surface area contributed by atoms with Crippen LogP contribution in [0.25, 0.3) is 0 Å². The fraction of sp³-hybridized carbons (Fsp3) is 0. The van der Waals surface area contributed by atoms with E-state index in [1.54, 1.807) is 0 Å². The number of halogens is 3. The van der Waals surface area contributed by atoms with Crippen LogP contribution in [0.1, 0.15) is 0 Å². The fourth-order valence-electron chi connectivity index (χ4n) is 1.59. The summed E-state index contributed by atoms with van der Waals surface area (Å²) in [5.41, 5.74) is 4.64. The number of nitrogen functional groups attached to an aromatic ring is 1. The van der Waals surface area contributed by atoms with E-state index in [4.69, 9.17) is 17.3 Å². The highest BCUT2D eigenvalue weighted by atomic mass is 35.5. The molecule has 0 fully saturated rings. The van der Waals surface area contributed by atoms with Crippen LogP contribution in [0.2, 0.25) is 5.02 Å². The maximum Gasteiger partial charge on any atom is 0.265 e. The average molecular weight is 319 g/mol. The zero-order valence-corrected chi connectivity index (χ0v) is 11.5. The van der Waals surface area contributed by atoms with Crippen molar-refractivity contribution >= 4 is 33.0 Å². The van der Waals surface area contributed by atoms with Gasteiger partial charge in [0.1, 0.15) is 22.2 Å². The van der Waals surface area contributed by atoms with Crippen LogP contribution >= 0.6 is 11.6 Å². The quantitative estimate of drug-likeness (QED) is 0.854. The zero-order valence-electron chi connectivity index (χ0n) is 9.90. The minimum Gasteiger partial charge on any atom is -0.398 e. The molecule has 0 saturated carbocycles. The molecule has 0 aliphatic rings. The van der Waals surface area contributed by atoms with E-state index in [1.807, 2.05) is 4.72 Å². The summed E-state index contributed by atoms with van der Waals surface area (Å²) in [6.45, 7) is 0. The molecule has 0 unspecified atom stereocenters. The number of sulfonamides is 1. The van der Waals surface area contributed by atoms with Gasteiger partial charge in [0.15, 0.2) is 0 Å². The highest BCUT2D eigenvalue weighted by Crippen LogP contribution is 2.30. The molecule has 0 amide bonds. The van der Waals surface area contributed by atoms with Gasteiger partial charge in [-0.25, -0.2) is 17.2 Å². The van der Waals surface area contributed by atoms with Gasteiger partial charge in [-0.1, -0.05) is 23.7 Å². The Hall–Kier alpha value is -1.86. The summed E-state index contributed by atoms with van der Waals surface area (Å²) in [6, 6.07) is 7.06. The van der Waals surface area contributed by atoms with Gasteiger partial charge in [0.05, 0.1) is 10.7 Å². The first kappa shape index (κ1) is 14.5. The summed E-state index contributed by atoms with van der Waals surface area (Å²) in [5.74, 6) is -2.08. The van der Waals surface area contributed by atoms with E-state index in [2.05, 4.69) is 0 Å². The smallest absolute Gasteiger partial charge is 0.265 e. The lowest BCUT2D eigenvalue weighted by Crippen LogP contribution is -2.17. The molecule has 0 spiro atoms. The Bertz CT molecular complexity index is 726. The van der Waals surface area contributed by atoms with Crippen LogP contribution in [-0.4, -0.2) is 8.42 Å². The summed E-state index contributed by atoms with van der Waals surface area (Å²) in [7, 11) is -4.31. The van der Waals surface area contributed by atoms with Crippen molar-refractivity contribution in [2.45, 2.75) is 4.90 Å². The van der Waals surface area contributed by atoms with E-state index in [1.165, 1.54) is 18.2 Å². The molecular formula is C12H9ClF2N2O2S. The van der Waals surface area contributed by atoms with Crippen molar-refractivity contribution in [1.82, 2.24) is 0 Å². The molecule has 0 radical (unpaired) electrons. The van der Waals surface area contributed by atoms with Crippen LogP contribution in [0.4, 0.5) is 20.2 Å². The van der Waals surface area contributed by atoms with E-state index < -0.39 is 32.2 Å². The SMILES string of the molecule is Nc1cccc(Cl)c1S(=O)(=O)Nc1c(F)cccc1F. The lowest BCUT2D eigenvalue weighted by Gasteiger charge is -2.12. The Labute approximate surface area is 119 Å². The molecule has 2 aromatic carbocycles. The molecule has 0 bridgehead atoms. The molecule has 20 heavy (non-hydrogen) atoms. The van der Waals surface area contributed by atoms with Gasteiger partial charge in [0, 0.05) is 0 Å². The third kappa shape index (κ3) is 2.68. The summed E-state index contributed by atoms with van der Waals surface area (Å²) in [6.07, 6.45) is 0. The van der Waals surface area contributed by atoms with Crippen LogP contribution in [-0.2, 0) is 10.0 Å². The third-order valence-corrected chi connectivity index (χ3v) is 4.36. The van der Waals surface area contributed by atoms with Crippen molar-refractivity contribution in [3.8, 4) is 0 Å². The number of benzene rings is 2. The molecule has 3 N–H and O–H groups in total. The number of nitrogens with one attached hydrogen (secondary N) is 1. The Morgan fingerprint density at radius 1 is 1.05 bits per heavy atom. The van der Waals surface area contributed by atoms with E-state index in [-0.39, 0.29) is 10.7 Å². The van der Waals surface area contributed by atoms with Gasteiger partial charge >= 0.3 is 0 Å². The first-order valence-corrected chi connectivity index (χ1v) is 7.20. The second-order valence-electron chi connectivity index (χ2n) is 3.86. The van der Waals surface area contributed by atoms with E-state index in [0.29, 0.717) is 0 Å². The van der Waals surface area contributed by atoms with Gasteiger partial charge < -0.3 is 5.73 Å². The van der Waals surface area contributed by atoms with Crippen LogP contribution in [0.5, 0.6) is 0 Å². The molecule has 0 heterocycles. The molecule has 0 saturated heterocycles. The van der Waals surface area contributed by atoms with Gasteiger partial charge in [-0.15, -0.1) is 0 Å². The summed E-state index contributed by atoms with van der Waals surface area (Å²) < 4.78 is 53.0. The van der Waals surface area contributed by atoms with Crippen LogP contribution in [0.3, 0.4) is 0 Å². The molecule has 106 valence electrons. The van der Waals surface area contributed by atoms with Gasteiger partial charge in [-0.3, -0.25) is 4.72 Å². The first-order chi connectivity index (χ1) is 9.33. The second kappa shape index (κ2) is 5.26. The summed E-state index contributed by atoms with van der Waals surface area (Å²) >= 11 is 5.77. The van der Waals surface area contributed by atoms with Gasteiger partial charge in [-0.2, -0.15) is 0 Å². The van der Waals surface area contributed by atoms with Crippen molar-refractivity contribution in [2.75, 3.05) is 10.5 Å². The first-order valence-electron chi connectivity index (χ1n) is 5.34. The number of anilines is 2. The largest absolute Gasteiger partial charge is 0.398 e. The van der Waals surface area contributed by atoms with Crippen molar-refractivity contribution < 1.29 is 17.2 Å². The minimum atomic E-state index is -4.31. The predicted octanol–water partition coefficient (Wildman–Crippen LogP) is 3.00. The molecule has 4 nitrogen and oxygen atoms in total. The van der Waals surface area contributed by atoms with E-state index in [9.17, 15) is 17.2 Å². The molecule has 0 atom stereocenters. The van der Waals surface area contributed by atoms with Crippen molar-refractivity contribution in [3.05, 3.63) is 53.1 Å². The summed E-state index contributed by atoms with van der Waals surface area (Å²) in [4.78, 5) is -0.427. The minimum absolute atomic E-state index is 0.123. The lowest BCUT2D eigenvalue weighted by molar-refractivity contribution is 0.583. The summed E-state index contributed by atoms with van der Waals surface area (Å²) in [5, 5.41) is -0.144. The molecule has 0 aliphatic heterocycles. The standard InChI is InChI=1S/C12H9ClF2N2O2S/c13-7-3-1-6-10(16)12(7)20(18,19)17-11-8(14)4-2-5-9(11)15/h1-6,17H,16H2. The van der Waals surface area contributed by atoms with Crippen molar-refractivity contribution in [2.24, 2.45) is 0 Å². The highest BCUT2D eigenvalue weighted by molar-refractivity contribution is 7.93. The molecule has 2 rings (SSSR count). The molecule has 2 aromatic rings. The number of hydrogen-bond acceptors (Lipinski definition) is 3. The van der Waals surface area contributed by atoms with Crippen LogP contribution in [0, 0.1) is 11.6 Å². The van der Waals surface area contributed by atoms with Gasteiger partial charge in [-0.05, 0) is 24.3 Å². The Morgan fingerprint density at radius 3 is 2.15 bits per heavy atom. The van der Waals surface area contributed by atoms with Crippen LogP contribution < -0.4 is 10.5 Å². The maximum atomic E-state index is 13.5. The Morgan fingerprint density at radius 2 is 1.60 bits per heavy atom. The Balaban J connectivity index is 2.53. The highest BCUT2D eigenvalue weighted by Gasteiger charge is 2.23. The monoisotopic (exact) mass is 318 g/mol. The predicted molar refractivity (Wildman–Crippen MR) is 73.0 cm³/mol. The van der Waals surface area contributed by atoms with E-state index >= 15 is 0 Å². The van der Waals surface area contributed by atoms with Crippen LogP contribution in [0.15, 0.2) is 41.3 Å². The molecule has 0 aliphatic carbocycles. The molecular weight excluding hydrogens is 310 g/mol. The van der Waals surface area contributed by atoms with Gasteiger partial charge in [0.25, 0.3) is 10.0 Å². The molecule has 8 heteroatoms. The maximum absolute atomic E-state index is 13.5. The molecule has 0 aromatic heterocycles. The average Bonchev–Trinajstić information content (AvgIpc) is 2.33. The second-order valence-corrected chi connectivity index (χ2v) is 5.89. The third-order valence-electron chi connectivity index (χ3n) is 2.47. The van der Waals surface area contributed by atoms with Gasteiger partial charge in [0.2, 0.25) is 0 Å².